The van der Waals surface area contributed by atoms with Crippen molar-refractivity contribution in [3.63, 3.8) is 0 Å². The average Bonchev–Trinajstić information content (AvgIpc) is 2.02. The highest BCUT2D eigenvalue weighted by atomic mass is 16.2. The molecule has 0 saturated carbocycles. The molecule has 4 nitrogen and oxygen atoms in total. The molecule has 0 aliphatic carbocycles. The number of carbonyl (C=O) groups excluding carboxylic acids is 1. The van der Waals surface area contributed by atoms with Crippen LogP contribution in [0.3, 0.4) is 0 Å². The molecule has 0 aliphatic heterocycles. The molecule has 14 heavy (non-hydrogen) atoms. The molecule has 1 heterocycles. The third kappa shape index (κ3) is 1.69. The number of primary amides is 1. The largest absolute Gasteiger partial charge is 0.365 e. The van der Waals surface area contributed by atoms with E-state index in [1.54, 1.807) is 10.6 Å². The van der Waals surface area contributed by atoms with Crippen molar-refractivity contribution < 1.29 is 4.79 Å². The number of carbonyl (C=O) groups is 1. The lowest BCUT2D eigenvalue weighted by atomic mass is 10.2. The highest BCUT2D eigenvalue weighted by Crippen LogP contribution is 2.05. The molecule has 1 aromatic rings. The predicted molar refractivity (Wildman–Crippen MR) is 54.3 cm³/mol. The molecule has 1 rings (SSSR count). The Morgan fingerprint density at radius 2 is 2.00 bits per heavy atom. The van der Waals surface area contributed by atoms with Gasteiger partial charge in [0.2, 0.25) is 0 Å². The number of rotatable bonds is 2. The van der Waals surface area contributed by atoms with E-state index in [0.717, 1.165) is 5.69 Å². The molecule has 76 valence electrons. The fourth-order valence-corrected chi connectivity index (χ4v) is 1.47. The van der Waals surface area contributed by atoms with E-state index >= 15 is 0 Å². The Morgan fingerprint density at radius 1 is 1.43 bits per heavy atom. The number of hydrogen-bond acceptors (Lipinski definition) is 2. The van der Waals surface area contributed by atoms with E-state index in [9.17, 15) is 9.59 Å². The summed E-state index contributed by atoms with van der Waals surface area (Å²) >= 11 is 0. The second kappa shape index (κ2) is 3.65. The summed E-state index contributed by atoms with van der Waals surface area (Å²) in [7, 11) is 0. The van der Waals surface area contributed by atoms with Crippen molar-refractivity contribution in [2.75, 3.05) is 0 Å². The van der Waals surface area contributed by atoms with E-state index < -0.39 is 5.91 Å². The van der Waals surface area contributed by atoms with Crippen LogP contribution in [-0.4, -0.2) is 10.5 Å². The Balaban J connectivity index is 3.50. The van der Waals surface area contributed by atoms with Gasteiger partial charge in [-0.05, 0) is 32.9 Å². The minimum Gasteiger partial charge on any atom is -0.365 e. The van der Waals surface area contributed by atoms with E-state index in [-0.39, 0.29) is 17.2 Å². The minimum atomic E-state index is -0.676. The molecule has 0 aromatic carbocycles. The highest BCUT2D eigenvalue weighted by Gasteiger charge is 2.12. The van der Waals surface area contributed by atoms with Crippen LogP contribution in [0.5, 0.6) is 0 Å². The van der Waals surface area contributed by atoms with Crippen LogP contribution in [0, 0.1) is 6.92 Å². The number of nitrogens with zero attached hydrogens (tertiary/aromatic N) is 1. The van der Waals surface area contributed by atoms with E-state index in [1.165, 1.54) is 6.07 Å². The maximum Gasteiger partial charge on any atom is 0.263 e. The molecule has 1 amide bonds. The van der Waals surface area contributed by atoms with Crippen LogP contribution >= 0.6 is 0 Å². The quantitative estimate of drug-likeness (QED) is 0.758. The maximum atomic E-state index is 11.7. The summed E-state index contributed by atoms with van der Waals surface area (Å²) in [6.45, 7) is 5.60. The van der Waals surface area contributed by atoms with E-state index in [1.807, 2.05) is 20.8 Å². The normalized spacial score (nSPS) is 10.6. The molecule has 4 heteroatoms. The van der Waals surface area contributed by atoms with Gasteiger partial charge in [-0.1, -0.05) is 0 Å². The second-order valence-electron chi connectivity index (χ2n) is 3.52. The van der Waals surface area contributed by atoms with Crippen molar-refractivity contribution in [1.82, 2.24) is 4.57 Å². The van der Waals surface area contributed by atoms with Gasteiger partial charge in [0, 0.05) is 11.7 Å². The summed E-state index contributed by atoms with van der Waals surface area (Å²) in [4.78, 5) is 22.7. The van der Waals surface area contributed by atoms with Crippen LogP contribution in [0.2, 0.25) is 0 Å². The summed E-state index contributed by atoms with van der Waals surface area (Å²) in [5.74, 6) is -0.676. The van der Waals surface area contributed by atoms with Crippen molar-refractivity contribution in [2.45, 2.75) is 26.8 Å². The molecule has 0 saturated heterocycles. The molecule has 0 atom stereocenters. The fraction of sp³-hybridized carbons (Fsp3) is 0.400. The minimum absolute atomic E-state index is 0.0294. The van der Waals surface area contributed by atoms with E-state index in [4.69, 9.17) is 5.73 Å². The molecule has 1 aromatic heterocycles. The van der Waals surface area contributed by atoms with Gasteiger partial charge in [-0.2, -0.15) is 0 Å². The Kier molecular flexibility index (Phi) is 2.74. The van der Waals surface area contributed by atoms with Crippen molar-refractivity contribution in [3.05, 3.63) is 33.7 Å². The molecule has 0 radical (unpaired) electrons. The lowest BCUT2D eigenvalue weighted by Crippen LogP contribution is -2.31. The first-order valence-electron chi connectivity index (χ1n) is 4.47. The molecule has 0 fully saturated rings. The number of nitrogens with two attached hydrogens (primary N) is 1. The van der Waals surface area contributed by atoms with Crippen LogP contribution in [-0.2, 0) is 0 Å². The van der Waals surface area contributed by atoms with Crippen LogP contribution in [0.1, 0.15) is 35.9 Å². The van der Waals surface area contributed by atoms with Crippen molar-refractivity contribution >= 4 is 5.91 Å². The zero-order valence-corrected chi connectivity index (χ0v) is 8.57. The van der Waals surface area contributed by atoms with Gasteiger partial charge in [0.05, 0.1) is 0 Å². The molecule has 0 unspecified atom stereocenters. The summed E-state index contributed by atoms with van der Waals surface area (Å²) < 4.78 is 1.56. The van der Waals surface area contributed by atoms with Gasteiger partial charge in [0.25, 0.3) is 11.5 Å². The number of aryl methyl sites for hydroxylation is 1. The number of aromatic nitrogens is 1. The monoisotopic (exact) mass is 194 g/mol. The SMILES string of the molecule is Cc1ccc(C(N)=O)c(=O)n1C(C)C. The third-order valence-corrected chi connectivity index (χ3v) is 2.10. The zero-order valence-electron chi connectivity index (χ0n) is 8.57. The van der Waals surface area contributed by atoms with Gasteiger partial charge in [0.15, 0.2) is 0 Å². The lowest BCUT2D eigenvalue weighted by molar-refractivity contribution is 0.0998. The van der Waals surface area contributed by atoms with Gasteiger partial charge in [-0.3, -0.25) is 9.59 Å². The summed E-state index contributed by atoms with van der Waals surface area (Å²) in [5.41, 5.74) is 5.64. The van der Waals surface area contributed by atoms with Crippen LogP contribution in [0.25, 0.3) is 0 Å². The Labute approximate surface area is 82.3 Å². The molecule has 0 spiro atoms. The predicted octanol–water partition coefficient (Wildman–Crippen LogP) is 0.837. The van der Waals surface area contributed by atoms with Crippen LogP contribution in [0.15, 0.2) is 16.9 Å². The fourth-order valence-electron chi connectivity index (χ4n) is 1.47. The maximum absolute atomic E-state index is 11.7. The molecular formula is C10H14N2O2. The Hall–Kier alpha value is -1.58. The van der Waals surface area contributed by atoms with E-state index in [0.29, 0.717) is 0 Å². The van der Waals surface area contributed by atoms with Crippen LogP contribution in [0.4, 0.5) is 0 Å². The van der Waals surface area contributed by atoms with Gasteiger partial charge >= 0.3 is 0 Å². The first-order chi connectivity index (χ1) is 6.45. The molecule has 2 N–H and O–H groups in total. The Bertz CT molecular complexity index is 419. The summed E-state index contributed by atoms with van der Waals surface area (Å²) in [6.07, 6.45) is 0. The topological polar surface area (TPSA) is 65.1 Å². The van der Waals surface area contributed by atoms with Crippen molar-refractivity contribution in [1.29, 1.82) is 0 Å². The third-order valence-electron chi connectivity index (χ3n) is 2.10. The van der Waals surface area contributed by atoms with Gasteiger partial charge in [0.1, 0.15) is 5.56 Å². The smallest absolute Gasteiger partial charge is 0.263 e. The van der Waals surface area contributed by atoms with Gasteiger partial charge in [-0.15, -0.1) is 0 Å². The number of amides is 1. The highest BCUT2D eigenvalue weighted by molar-refractivity contribution is 5.92. The van der Waals surface area contributed by atoms with E-state index in [2.05, 4.69) is 0 Å². The number of pyridine rings is 1. The lowest BCUT2D eigenvalue weighted by Gasteiger charge is -2.14. The average molecular weight is 194 g/mol. The standard InChI is InChI=1S/C10H14N2O2/c1-6(2)12-7(3)4-5-8(9(11)13)10(12)14/h4-6H,1-3H3,(H2,11,13). The van der Waals surface area contributed by atoms with Gasteiger partial charge < -0.3 is 10.3 Å². The molecule has 0 aliphatic rings. The molecular weight excluding hydrogens is 180 g/mol. The van der Waals surface area contributed by atoms with Crippen molar-refractivity contribution in [3.8, 4) is 0 Å². The summed E-state index contributed by atoms with van der Waals surface area (Å²) in [6, 6.07) is 3.22. The zero-order chi connectivity index (χ0) is 10.9. The summed E-state index contributed by atoms with van der Waals surface area (Å²) in [5, 5.41) is 0. The van der Waals surface area contributed by atoms with Crippen LogP contribution < -0.4 is 11.3 Å². The van der Waals surface area contributed by atoms with Crippen molar-refractivity contribution in [2.24, 2.45) is 5.73 Å². The molecule has 0 bridgehead atoms. The van der Waals surface area contributed by atoms with Gasteiger partial charge in [-0.25, -0.2) is 0 Å². The Morgan fingerprint density at radius 3 is 2.43 bits per heavy atom. The number of hydrogen-bond donors (Lipinski definition) is 1. The first-order valence-corrected chi connectivity index (χ1v) is 4.47. The second-order valence-corrected chi connectivity index (χ2v) is 3.52. The first kappa shape index (κ1) is 10.5.